The molecule has 0 spiro atoms. The molecular formula is C17H16N4O2. The lowest BCUT2D eigenvalue weighted by molar-refractivity contribution is -0.121. The molecule has 1 aliphatic rings. The van der Waals surface area contributed by atoms with E-state index in [0.29, 0.717) is 18.8 Å². The molecule has 0 fully saturated rings. The van der Waals surface area contributed by atoms with Crippen LogP contribution in [0.1, 0.15) is 29.3 Å². The Hall–Kier alpha value is -2.89. The van der Waals surface area contributed by atoms with Crippen LogP contribution in [0.3, 0.4) is 0 Å². The average molecular weight is 308 g/mol. The van der Waals surface area contributed by atoms with Crippen molar-refractivity contribution in [3.05, 3.63) is 59.7 Å². The molecule has 3 aromatic rings. The number of fused-ring (bicyclic) bond motifs is 3. The lowest BCUT2D eigenvalue weighted by Gasteiger charge is -2.17. The number of hydrogen-bond donors (Lipinski definition) is 1. The van der Waals surface area contributed by atoms with Gasteiger partial charge >= 0.3 is 0 Å². The lowest BCUT2D eigenvalue weighted by atomic mass is 9.92. The Morgan fingerprint density at radius 1 is 1.30 bits per heavy atom. The number of ether oxygens (including phenoxy) is 1. The Morgan fingerprint density at radius 3 is 3.09 bits per heavy atom. The van der Waals surface area contributed by atoms with E-state index in [0.717, 1.165) is 22.6 Å². The fourth-order valence-electron chi connectivity index (χ4n) is 3.20. The van der Waals surface area contributed by atoms with E-state index >= 15 is 0 Å². The highest BCUT2D eigenvalue weighted by Gasteiger charge is 2.30. The van der Waals surface area contributed by atoms with Crippen LogP contribution in [0.2, 0.25) is 0 Å². The number of amides is 1. The summed E-state index contributed by atoms with van der Waals surface area (Å²) in [5.74, 6) is 0.404. The monoisotopic (exact) mass is 308 g/mol. The second-order valence-corrected chi connectivity index (χ2v) is 5.51. The largest absolute Gasteiger partial charge is 0.481 e. The number of hydrogen-bond acceptors (Lipinski definition) is 4. The molecule has 6 nitrogen and oxygen atoms in total. The van der Waals surface area contributed by atoms with Gasteiger partial charge in [-0.15, -0.1) is 0 Å². The van der Waals surface area contributed by atoms with E-state index in [-0.39, 0.29) is 11.8 Å². The number of imidazole rings is 1. The van der Waals surface area contributed by atoms with Crippen LogP contribution in [0.15, 0.2) is 42.7 Å². The number of rotatable bonds is 2. The maximum atomic E-state index is 12.2. The summed E-state index contributed by atoms with van der Waals surface area (Å²) >= 11 is 0. The van der Waals surface area contributed by atoms with Crippen LogP contribution in [0.5, 0.6) is 5.88 Å². The summed E-state index contributed by atoms with van der Waals surface area (Å²) in [6, 6.07) is 9.71. The first-order chi connectivity index (χ1) is 11.3. The number of nitrogens with one attached hydrogen (secondary N) is 1. The highest BCUT2D eigenvalue weighted by Crippen LogP contribution is 2.36. The third-order valence-corrected chi connectivity index (χ3v) is 4.19. The fourth-order valence-corrected chi connectivity index (χ4v) is 3.20. The van der Waals surface area contributed by atoms with Gasteiger partial charge in [-0.25, -0.2) is 9.97 Å². The number of pyridine rings is 2. The predicted octanol–water partition coefficient (Wildman–Crippen LogP) is 1.89. The van der Waals surface area contributed by atoms with E-state index in [1.807, 2.05) is 40.9 Å². The molecule has 1 amide bonds. The van der Waals surface area contributed by atoms with Gasteiger partial charge in [0.2, 0.25) is 11.8 Å². The van der Waals surface area contributed by atoms with Gasteiger partial charge in [-0.05, 0) is 18.2 Å². The molecule has 0 saturated carbocycles. The molecule has 0 saturated heterocycles. The summed E-state index contributed by atoms with van der Waals surface area (Å²) in [6.45, 7) is 0.439. The van der Waals surface area contributed by atoms with Crippen LogP contribution in [0, 0.1) is 0 Å². The number of nitrogens with zero attached hydrogens (tertiary/aromatic N) is 3. The third-order valence-electron chi connectivity index (χ3n) is 4.19. The molecular weight excluding hydrogens is 292 g/mol. The molecule has 116 valence electrons. The van der Waals surface area contributed by atoms with Gasteiger partial charge in [0.15, 0.2) is 0 Å². The van der Waals surface area contributed by atoms with Gasteiger partial charge in [-0.1, -0.05) is 12.1 Å². The number of methoxy groups -OCH3 is 1. The second-order valence-electron chi connectivity index (χ2n) is 5.51. The maximum absolute atomic E-state index is 12.2. The Labute approximate surface area is 133 Å². The zero-order chi connectivity index (χ0) is 15.8. The number of carbonyl (C=O) groups excluding carboxylic acids is 1. The normalized spacial score (nSPS) is 17.4. The first kappa shape index (κ1) is 13.8. The molecule has 0 aliphatic carbocycles. The average Bonchev–Trinajstić information content (AvgIpc) is 2.88. The highest BCUT2D eigenvalue weighted by molar-refractivity contribution is 5.78. The summed E-state index contributed by atoms with van der Waals surface area (Å²) in [7, 11) is 1.60. The van der Waals surface area contributed by atoms with Gasteiger partial charge < -0.3 is 14.5 Å². The summed E-state index contributed by atoms with van der Waals surface area (Å²) < 4.78 is 7.45. The van der Waals surface area contributed by atoms with Crippen LogP contribution in [0.4, 0.5) is 0 Å². The van der Waals surface area contributed by atoms with Crippen LogP contribution in [0.25, 0.3) is 5.65 Å². The number of aromatic nitrogens is 3. The lowest BCUT2D eigenvalue weighted by Crippen LogP contribution is -2.21. The van der Waals surface area contributed by atoms with E-state index in [4.69, 9.17) is 4.74 Å². The van der Waals surface area contributed by atoms with Crippen molar-refractivity contribution in [1.82, 2.24) is 19.7 Å². The van der Waals surface area contributed by atoms with Crippen LogP contribution in [-0.2, 0) is 11.3 Å². The quantitative estimate of drug-likeness (QED) is 0.785. The minimum absolute atomic E-state index is 0.00332. The third kappa shape index (κ3) is 2.23. The summed E-state index contributed by atoms with van der Waals surface area (Å²) in [6.07, 6.45) is 4.01. The highest BCUT2D eigenvalue weighted by atomic mass is 16.5. The van der Waals surface area contributed by atoms with Gasteiger partial charge in [-0.3, -0.25) is 4.79 Å². The molecule has 0 bridgehead atoms. The topological polar surface area (TPSA) is 68.5 Å². The Kier molecular flexibility index (Phi) is 3.22. The van der Waals surface area contributed by atoms with Gasteiger partial charge in [0.1, 0.15) is 5.65 Å². The van der Waals surface area contributed by atoms with Crippen LogP contribution >= 0.6 is 0 Å². The van der Waals surface area contributed by atoms with Gasteiger partial charge in [0, 0.05) is 30.3 Å². The number of carbonyl (C=O) groups is 1. The minimum Gasteiger partial charge on any atom is -0.481 e. The minimum atomic E-state index is -0.145. The molecule has 1 aliphatic heterocycles. The molecule has 0 unspecified atom stereocenters. The summed E-state index contributed by atoms with van der Waals surface area (Å²) in [5.41, 5.74) is 3.68. The molecule has 6 heteroatoms. The molecule has 1 atom stereocenters. The van der Waals surface area contributed by atoms with Crippen LogP contribution in [-0.4, -0.2) is 27.4 Å². The standard InChI is InChI=1S/C17H16N4O2/c1-23-17-11(5-4-7-18-17)12-9-15(22)19-10-13-16(12)21-8-3-2-6-14(21)20-13/h2-8,12H,9-10H2,1H3,(H,19,22)/t12-/m1/s1. The van der Waals surface area contributed by atoms with Gasteiger partial charge in [0.05, 0.1) is 25.0 Å². The van der Waals surface area contributed by atoms with Crippen molar-refractivity contribution in [2.75, 3.05) is 7.11 Å². The molecule has 4 rings (SSSR count). The van der Waals surface area contributed by atoms with Crippen molar-refractivity contribution in [2.24, 2.45) is 0 Å². The van der Waals surface area contributed by atoms with E-state index in [1.165, 1.54) is 0 Å². The van der Waals surface area contributed by atoms with Crippen LogP contribution < -0.4 is 10.1 Å². The van der Waals surface area contributed by atoms with Crippen molar-refractivity contribution in [1.29, 1.82) is 0 Å². The first-order valence-corrected chi connectivity index (χ1v) is 7.49. The smallest absolute Gasteiger partial charge is 0.221 e. The molecule has 4 heterocycles. The van der Waals surface area contributed by atoms with Crippen molar-refractivity contribution < 1.29 is 9.53 Å². The van der Waals surface area contributed by atoms with Crippen molar-refractivity contribution in [3.8, 4) is 5.88 Å². The maximum Gasteiger partial charge on any atom is 0.221 e. The molecule has 0 aromatic carbocycles. The Morgan fingerprint density at radius 2 is 2.22 bits per heavy atom. The predicted molar refractivity (Wildman–Crippen MR) is 84.3 cm³/mol. The van der Waals surface area contributed by atoms with Gasteiger partial charge in [0.25, 0.3) is 0 Å². The molecule has 1 N–H and O–H groups in total. The zero-order valence-corrected chi connectivity index (χ0v) is 12.7. The van der Waals surface area contributed by atoms with Gasteiger partial charge in [-0.2, -0.15) is 0 Å². The van der Waals surface area contributed by atoms with Crippen molar-refractivity contribution in [2.45, 2.75) is 18.9 Å². The van der Waals surface area contributed by atoms with E-state index in [9.17, 15) is 4.79 Å². The van der Waals surface area contributed by atoms with E-state index in [1.54, 1.807) is 13.3 Å². The van der Waals surface area contributed by atoms with Crippen molar-refractivity contribution in [3.63, 3.8) is 0 Å². The van der Waals surface area contributed by atoms with E-state index in [2.05, 4.69) is 15.3 Å². The van der Waals surface area contributed by atoms with Crippen molar-refractivity contribution >= 4 is 11.6 Å². The fraction of sp³-hybridized carbons (Fsp3) is 0.235. The SMILES string of the molecule is COc1ncccc1[C@H]1CC(=O)NCc2nc3ccccn3c21. The second kappa shape index (κ2) is 5.39. The Balaban J connectivity index is 1.97. The Bertz CT molecular complexity index is 887. The van der Waals surface area contributed by atoms with E-state index < -0.39 is 0 Å². The molecule has 23 heavy (non-hydrogen) atoms. The first-order valence-electron chi connectivity index (χ1n) is 7.49. The summed E-state index contributed by atoms with van der Waals surface area (Å²) in [4.78, 5) is 21.1. The molecule has 0 radical (unpaired) electrons. The summed E-state index contributed by atoms with van der Waals surface area (Å²) in [5, 5.41) is 2.92. The molecule has 3 aromatic heterocycles. The zero-order valence-electron chi connectivity index (χ0n) is 12.7.